The van der Waals surface area contributed by atoms with Crippen LogP contribution in [0.3, 0.4) is 0 Å². The summed E-state index contributed by atoms with van der Waals surface area (Å²) in [4.78, 5) is 14.3. The van der Waals surface area contributed by atoms with Crippen molar-refractivity contribution < 1.29 is 14.3 Å². The lowest BCUT2D eigenvalue weighted by atomic mass is 10.1. The maximum Gasteiger partial charge on any atom is 0.262 e. The van der Waals surface area contributed by atoms with Crippen LogP contribution in [-0.4, -0.2) is 49.0 Å². The van der Waals surface area contributed by atoms with E-state index < -0.39 is 0 Å². The van der Waals surface area contributed by atoms with Crippen molar-refractivity contribution in [2.45, 2.75) is 0 Å². The summed E-state index contributed by atoms with van der Waals surface area (Å²) in [6.45, 7) is 2.96. The molecule has 0 aliphatic carbocycles. The molecule has 0 radical (unpaired) electrons. The summed E-state index contributed by atoms with van der Waals surface area (Å²) in [5.41, 5.74) is 2.37. The number of halogens is 1. The third kappa shape index (κ3) is 5.25. The number of nitrogens with one attached hydrogen (secondary N) is 1. The number of morpholine rings is 1. The van der Waals surface area contributed by atoms with E-state index in [4.69, 9.17) is 21.1 Å². The van der Waals surface area contributed by atoms with Crippen molar-refractivity contribution in [1.82, 2.24) is 10.2 Å². The van der Waals surface area contributed by atoms with E-state index in [-0.39, 0.29) is 12.5 Å². The summed E-state index contributed by atoms with van der Waals surface area (Å²) in [6, 6.07) is 18.3. The molecule has 3 aromatic rings. The molecular weight excluding hydrogens is 404 g/mol. The molecule has 30 heavy (non-hydrogen) atoms. The van der Waals surface area contributed by atoms with Gasteiger partial charge in [0.2, 0.25) is 0 Å². The molecule has 1 aromatic heterocycles. The Morgan fingerprint density at radius 3 is 2.57 bits per heavy atom. The van der Waals surface area contributed by atoms with E-state index in [9.17, 15) is 4.79 Å². The van der Waals surface area contributed by atoms with Gasteiger partial charge in [0.1, 0.15) is 5.75 Å². The van der Waals surface area contributed by atoms with Crippen molar-refractivity contribution >= 4 is 29.0 Å². The molecule has 2 heterocycles. The zero-order valence-electron chi connectivity index (χ0n) is 16.3. The fraction of sp³-hybridized carbons (Fsp3) is 0.227. The van der Waals surface area contributed by atoms with E-state index in [1.807, 2.05) is 36.4 Å². The molecule has 1 aliphatic rings. The largest absolute Gasteiger partial charge is 0.484 e. The summed E-state index contributed by atoms with van der Waals surface area (Å²) in [5.74, 6) is 1.15. The zero-order chi connectivity index (χ0) is 20.8. The summed E-state index contributed by atoms with van der Waals surface area (Å²) in [6.07, 6.45) is 0. The average Bonchev–Trinajstić information content (AvgIpc) is 2.79. The number of amides is 1. The molecule has 154 valence electrons. The van der Waals surface area contributed by atoms with Crippen molar-refractivity contribution in [3.05, 3.63) is 65.7 Å². The van der Waals surface area contributed by atoms with E-state index in [0.717, 1.165) is 30.2 Å². The zero-order valence-corrected chi connectivity index (χ0v) is 17.0. The van der Waals surface area contributed by atoms with Crippen LogP contribution < -0.4 is 15.0 Å². The number of rotatable bonds is 6. The molecule has 1 aliphatic heterocycles. The van der Waals surface area contributed by atoms with Gasteiger partial charge in [-0.3, -0.25) is 4.79 Å². The minimum Gasteiger partial charge on any atom is -0.484 e. The number of ether oxygens (including phenoxy) is 2. The predicted molar refractivity (Wildman–Crippen MR) is 116 cm³/mol. The second-order valence-corrected chi connectivity index (χ2v) is 7.18. The lowest BCUT2D eigenvalue weighted by Crippen LogP contribution is -2.36. The first-order valence-electron chi connectivity index (χ1n) is 9.62. The molecular formula is C22H21ClN4O3. The lowest BCUT2D eigenvalue weighted by Gasteiger charge is -2.27. The first-order valence-corrected chi connectivity index (χ1v) is 10.0. The Morgan fingerprint density at radius 2 is 1.87 bits per heavy atom. The number of aromatic nitrogens is 2. The molecule has 4 rings (SSSR count). The number of hydrogen-bond donors (Lipinski definition) is 1. The highest BCUT2D eigenvalue weighted by Gasteiger charge is 2.13. The van der Waals surface area contributed by atoms with Crippen molar-refractivity contribution in [3.63, 3.8) is 0 Å². The van der Waals surface area contributed by atoms with Gasteiger partial charge in [-0.15, -0.1) is 10.2 Å². The van der Waals surface area contributed by atoms with E-state index in [1.54, 1.807) is 24.3 Å². The summed E-state index contributed by atoms with van der Waals surface area (Å²) >= 11 is 5.91. The van der Waals surface area contributed by atoms with E-state index in [1.165, 1.54) is 0 Å². The Hall–Kier alpha value is -3.16. The third-order valence-electron chi connectivity index (χ3n) is 4.62. The van der Waals surface area contributed by atoms with Gasteiger partial charge < -0.3 is 19.7 Å². The van der Waals surface area contributed by atoms with Crippen LogP contribution in [0.5, 0.6) is 5.75 Å². The van der Waals surface area contributed by atoms with E-state index >= 15 is 0 Å². The molecule has 1 N–H and O–H groups in total. The van der Waals surface area contributed by atoms with E-state index in [2.05, 4.69) is 20.4 Å². The number of nitrogens with zero attached hydrogens (tertiary/aromatic N) is 3. The Bertz CT molecular complexity index is 990. The van der Waals surface area contributed by atoms with Gasteiger partial charge in [0.05, 0.1) is 18.9 Å². The molecule has 1 amide bonds. The third-order valence-corrected chi connectivity index (χ3v) is 4.85. The summed E-state index contributed by atoms with van der Waals surface area (Å²) < 4.78 is 10.8. The Balaban J connectivity index is 1.32. The fourth-order valence-electron chi connectivity index (χ4n) is 3.07. The minimum atomic E-state index is -0.252. The predicted octanol–water partition coefficient (Wildman–Crippen LogP) is 3.65. The van der Waals surface area contributed by atoms with Crippen LogP contribution in [0.15, 0.2) is 60.7 Å². The molecule has 0 saturated carbocycles. The first kappa shape index (κ1) is 20.1. The number of anilines is 2. The highest BCUT2D eigenvalue weighted by Crippen LogP contribution is 2.21. The van der Waals surface area contributed by atoms with Crippen LogP contribution >= 0.6 is 11.6 Å². The molecule has 8 heteroatoms. The van der Waals surface area contributed by atoms with Gasteiger partial charge in [-0.25, -0.2) is 0 Å². The second kappa shape index (κ2) is 9.56. The fourth-order valence-corrected chi connectivity index (χ4v) is 3.25. The summed E-state index contributed by atoms with van der Waals surface area (Å²) in [5, 5.41) is 12.0. The van der Waals surface area contributed by atoms with Gasteiger partial charge in [0.15, 0.2) is 12.4 Å². The Morgan fingerprint density at radius 1 is 1.07 bits per heavy atom. The average molecular weight is 425 g/mol. The monoisotopic (exact) mass is 424 g/mol. The van der Waals surface area contributed by atoms with E-state index in [0.29, 0.717) is 29.7 Å². The van der Waals surface area contributed by atoms with Crippen LogP contribution in [0.4, 0.5) is 11.5 Å². The maximum atomic E-state index is 12.1. The molecule has 0 bridgehead atoms. The van der Waals surface area contributed by atoms with Crippen LogP contribution in [0.25, 0.3) is 11.3 Å². The topological polar surface area (TPSA) is 76.6 Å². The SMILES string of the molecule is O=C(COc1cccc(Cl)c1)Nc1ccc(-c2ccc(N3CCOCC3)nn2)cc1. The highest BCUT2D eigenvalue weighted by molar-refractivity contribution is 6.30. The molecule has 0 spiro atoms. The van der Waals surface area contributed by atoms with Gasteiger partial charge in [-0.05, 0) is 42.5 Å². The Kier molecular flexibility index (Phi) is 6.41. The van der Waals surface area contributed by atoms with Gasteiger partial charge >= 0.3 is 0 Å². The quantitative estimate of drug-likeness (QED) is 0.650. The standard InChI is InChI=1S/C22H21ClN4O3/c23-17-2-1-3-19(14-17)30-15-22(28)24-18-6-4-16(5-7-18)20-8-9-21(26-25-20)27-10-12-29-13-11-27/h1-9,14H,10-13,15H2,(H,24,28). The molecule has 2 aromatic carbocycles. The van der Waals surface area contributed by atoms with Gasteiger partial charge in [-0.1, -0.05) is 29.8 Å². The lowest BCUT2D eigenvalue weighted by molar-refractivity contribution is -0.118. The smallest absolute Gasteiger partial charge is 0.262 e. The van der Waals surface area contributed by atoms with Crippen molar-refractivity contribution in [2.24, 2.45) is 0 Å². The first-order chi connectivity index (χ1) is 14.7. The van der Waals surface area contributed by atoms with Crippen molar-refractivity contribution in [1.29, 1.82) is 0 Å². The summed E-state index contributed by atoms with van der Waals surface area (Å²) in [7, 11) is 0. The number of carbonyl (C=O) groups excluding carboxylic acids is 1. The van der Waals surface area contributed by atoms with Gasteiger partial charge in [0.25, 0.3) is 5.91 Å². The molecule has 7 nitrogen and oxygen atoms in total. The number of benzene rings is 2. The van der Waals surface area contributed by atoms with Gasteiger partial charge in [0, 0.05) is 29.4 Å². The van der Waals surface area contributed by atoms with Crippen LogP contribution in [0.1, 0.15) is 0 Å². The molecule has 0 unspecified atom stereocenters. The van der Waals surface area contributed by atoms with Crippen molar-refractivity contribution in [2.75, 3.05) is 43.1 Å². The Labute approximate surface area is 179 Å². The van der Waals surface area contributed by atoms with Crippen LogP contribution in [0, 0.1) is 0 Å². The molecule has 1 fully saturated rings. The van der Waals surface area contributed by atoms with Crippen LogP contribution in [-0.2, 0) is 9.53 Å². The minimum absolute atomic E-state index is 0.101. The number of carbonyl (C=O) groups is 1. The van der Waals surface area contributed by atoms with Crippen LogP contribution in [0.2, 0.25) is 5.02 Å². The molecule has 1 saturated heterocycles. The second-order valence-electron chi connectivity index (χ2n) is 6.75. The van der Waals surface area contributed by atoms with Crippen molar-refractivity contribution in [3.8, 4) is 17.0 Å². The maximum absolute atomic E-state index is 12.1. The number of hydrogen-bond acceptors (Lipinski definition) is 6. The van der Waals surface area contributed by atoms with Gasteiger partial charge in [-0.2, -0.15) is 0 Å². The normalized spacial score (nSPS) is 13.7. The highest BCUT2D eigenvalue weighted by atomic mass is 35.5. The molecule has 0 atom stereocenters.